The molecule has 96 valence electrons. The van der Waals surface area contributed by atoms with E-state index in [1.165, 1.54) is 13.2 Å². The van der Waals surface area contributed by atoms with Crippen LogP contribution in [0.4, 0.5) is 0 Å². The fraction of sp³-hybridized carbons (Fsp3) is 0.538. The minimum atomic E-state index is -0.622. The fourth-order valence-corrected chi connectivity index (χ4v) is 1.42. The molecule has 0 spiro atoms. The predicted molar refractivity (Wildman–Crippen MR) is 67.4 cm³/mol. The Hall–Kier alpha value is -1.26. The van der Waals surface area contributed by atoms with E-state index in [0.29, 0.717) is 12.3 Å². The molecule has 0 radical (unpaired) electrons. The van der Waals surface area contributed by atoms with Crippen molar-refractivity contribution >= 4 is 0 Å². The van der Waals surface area contributed by atoms with Gasteiger partial charge in [0.05, 0.1) is 13.2 Å². The topological polar surface area (TPSA) is 61.7 Å². The van der Waals surface area contributed by atoms with Crippen LogP contribution in [0, 0.1) is 0 Å². The molecule has 0 aliphatic rings. The summed E-state index contributed by atoms with van der Waals surface area (Å²) in [5.41, 5.74) is 0.679. The van der Waals surface area contributed by atoms with Gasteiger partial charge >= 0.3 is 0 Å². The average Bonchev–Trinajstić information content (AvgIpc) is 2.25. The smallest absolute Gasteiger partial charge is 0.160 e. The maximum absolute atomic E-state index is 10.00. The lowest BCUT2D eigenvalue weighted by atomic mass is 10.1. The Kier molecular flexibility index (Phi) is 4.37. The lowest BCUT2D eigenvalue weighted by Crippen LogP contribution is -2.38. The first-order valence-electron chi connectivity index (χ1n) is 5.63. The first-order valence-corrected chi connectivity index (χ1v) is 5.63. The number of rotatable bonds is 4. The molecule has 0 saturated carbocycles. The van der Waals surface area contributed by atoms with Crippen molar-refractivity contribution in [2.75, 3.05) is 13.7 Å². The quantitative estimate of drug-likeness (QED) is 0.750. The number of hydrogen-bond donors (Lipinski definition) is 3. The number of phenols is 1. The SMILES string of the molecule is COc1cc(C(O)CNC(C)(C)C)ccc1O. The normalized spacial score (nSPS) is 13.5. The van der Waals surface area contributed by atoms with Gasteiger partial charge in [0, 0.05) is 12.1 Å². The zero-order valence-electron chi connectivity index (χ0n) is 10.8. The number of aliphatic hydroxyl groups excluding tert-OH is 1. The van der Waals surface area contributed by atoms with Crippen LogP contribution in [0.3, 0.4) is 0 Å². The maximum Gasteiger partial charge on any atom is 0.160 e. The molecule has 1 rings (SSSR count). The Balaban J connectivity index is 2.72. The molecule has 3 N–H and O–H groups in total. The van der Waals surface area contributed by atoms with Crippen LogP contribution < -0.4 is 10.1 Å². The van der Waals surface area contributed by atoms with E-state index in [-0.39, 0.29) is 11.3 Å². The van der Waals surface area contributed by atoms with Crippen molar-refractivity contribution in [3.8, 4) is 11.5 Å². The summed E-state index contributed by atoms with van der Waals surface area (Å²) in [6, 6.07) is 4.85. The van der Waals surface area contributed by atoms with E-state index >= 15 is 0 Å². The van der Waals surface area contributed by atoms with Gasteiger partial charge in [0.15, 0.2) is 11.5 Å². The van der Waals surface area contributed by atoms with Gasteiger partial charge in [0.1, 0.15) is 0 Å². The summed E-state index contributed by atoms with van der Waals surface area (Å²) in [5, 5.41) is 22.7. The van der Waals surface area contributed by atoms with E-state index in [2.05, 4.69) is 5.32 Å². The number of benzene rings is 1. The zero-order valence-corrected chi connectivity index (χ0v) is 10.8. The first-order chi connectivity index (χ1) is 7.83. The number of phenolic OH excluding ortho intramolecular Hbond substituents is 1. The second-order valence-corrected chi connectivity index (χ2v) is 5.08. The molecule has 1 aromatic rings. The number of ether oxygens (including phenoxy) is 1. The van der Waals surface area contributed by atoms with Crippen LogP contribution in [0.25, 0.3) is 0 Å². The van der Waals surface area contributed by atoms with Gasteiger partial charge in [0.2, 0.25) is 0 Å². The van der Waals surface area contributed by atoms with Crippen molar-refractivity contribution in [3.63, 3.8) is 0 Å². The maximum atomic E-state index is 10.00. The lowest BCUT2D eigenvalue weighted by Gasteiger charge is -2.23. The monoisotopic (exact) mass is 239 g/mol. The second-order valence-electron chi connectivity index (χ2n) is 5.08. The van der Waals surface area contributed by atoms with Crippen molar-refractivity contribution < 1.29 is 14.9 Å². The molecule has 0 fully saturated rings. The summed E-state index contributed by atoms with van der Waals surface area (Å²) in [4.78, 5) is 0. The summed E-state index contributed by atoms with van der Waals surface area (Å²) in [6.07, 6.45) is -0.622. The first kappa shape index (κ1) is 13.8. The lowest BCUT2D eigenvalue weighted by molar-refractivity contribution is 0.163. The summed E-state index contributed by atoms with van der Waals surface area (Å²) in [6.45, 7) is 6.57. The van der Waals surface area contributed by atoms with Crippen molar-refractivity contribution in [2.45, 2.75) is 32.4 Å². The number of methoxy groups -OCH3 is 1. The molecule has 4 heteroatoms. The standard InChI is InChI=1S/C13H21NO3/c1-13(2,3)14-8-11(16)9-5-6-10(15)12(7-9)17-4/h5-7,11,14-16H,8H2,1-4H3. The Labute approximate surface area is 102 Å². The molecule has 17 heavy (non-hydrogen) atoms. The molecule has 0 amide bonds. The Morgan fingerprint density at radius 3 is 2.53 bits per heavy atom. The predicted octanol–water partition coefficient (Wildman–Crippen LogP) is 1.82. The van der Waals surface area contributed by atoms with Gasteiger partial charge in [-0.2, -0.15) is 0 Å². The number of nitrogens with one attached hydrogen (secondary N) is 1. The van der Waals surface area contributed by atoms with Gasteiger partial charge in [-0.05, 0) is 38.5 Å². The zero-order chi connectivity index (χ0) is 13.1. The molecule has 0 saturated heterocycles. The van der Waals surface area contributed by atoms with Crippen LogP contribution >= 0.6 is 0 Å². The highest BCUT2D eigenvalue weighted by molar-refractivity contribution is 5.42. The van der Waals surface area contributed by atoms with Crippen LogP contribution in [0.1, 0.15) is 32.4 Å². The summed E-state index contributed by atoms with van der Waals surface area (Å²) in [7, 11) is 1.48. The van der Waals surface area contributed by atoms with Crippen molar-refractivity contribution in [1.82, 2.24) is 5.32 Å². The van der Waals surface area contributed by atoms with Crippen LogP contribution in [0.5, 0.6) is 11.5 Å². The van der Waals surface area contributed by atoms with Gasteiger partial charge < -0.3 is 20.3 Å². The molecule has 1 atom stereocenters. The van der Waals surface area contributed by atoms with Crippen LogP contribution in [0.2, 0.25) is 0 Å². The second kappa shape index (κ2) is 5.38. The van der Waals surface area contributed by atoms with Crippen molar-refractivity contribution in [2.24, 2.45) is 0 Å². The number of aliphatic hydroxyl groups is 1. The van der Waals surface area contributed by atoms with Gasteiger partial charge in [-0.1, -0.05) is 6.07 Å². The molecule has 0 aliphatic carbocycles. The Morgan fingerprint density at radius 1 is 1.35 bits per heavy atom. The van der Waals surface area contributed by atoms with Crippen LogP contribution in [-0.4, -0.2) is 29.4 Å². The van der Waals surface area contributed by atoms with E-state index in [1.54, 1.807) is 12.1 Å². The largest absolute Gasteiger partial charge is 0.504 e. The molecule has 0 bridgehead atoms. The van der Waals surface area contributed by atoms with Gasteiger partial charge in [-0.15, -0.1) is 0 Å². The summed E-state index contributed by atoms with van der Waals surface area (Å²) < 4.78 is 5.00. The highest BCUT2D eigenvalue weighted by atomic mass is 16.5. The minimum absolute atomic E-state index is 0.0397. The van der Waals surface area contributed by atoms with Crippen molar-refractivity contribution in [3.05, 3.63) is 23.8 Å². The Bertz CT molecular complexity index is 371. The van der Waals surface area contributed by atoms with Crippen LogP contribution in [0.15, 0.2) is 18.2 Å². The fourth-order valence-electron chi connectivity index (χ4n) is 1.42. The molecule has 0 aromatic heterocycles. The third-order valence-corrected chi connectivity index (χ3v) is 2.41. The average molecular weight is 239 g/mol. The van der Waals surface area contributed by atoms with Gasteiger partial charge in [-0.3, -0.25) is 0 Å². The third-order valence-electron chi connectivity index (χ3n) is 2.41. The summed E-state index contributed by atoms with van der Waals surface area (Å²) >= 11 is 0. The number of aromatic hydroxyl groups is 1. The van der Waals surface area contributed by atoms with E-state index in [4.69, 9.17) is 4.74 Å². The molecule has 0 aliphatic heterocycles. The highest BCUT2D eigenvalue weighted by Gasteiger charge is 2.14. The molecule has 0 heterocycles. The number of β-amino-alcohol motifs (C(OH)–C–C–N with tert-alkyl or cyclic N) is 1. The van der Waals surface area contributed by atoms with E-state index in [1.807, 2.05) is 20.8 Å². The molecular weight excluding hydrogens is 218 g/mol. The van der Waals surface area contributed by atoms with Gasteiger partial charge in [0.25, 0.3) is 0 Å². The van der Waals surface area contributed by atoms with Gasteiger partial charge in [-0.25, -0.2) is 0 Å². The molecule has 1 unspecified atom stereocenters. The van der Waals surface area contributed by atoms with Crippen molar-refractivity contribution in [1.29, 1.82) is 0 Å². The van der Waals surface area contributed by atoms with Crippen LogP contribution in [-0.2, 0) is 0 Å². The minimum Gasteiger partial charge on any atom is -0.504 e. The number of hydrogen-bond acceptors (Lipinski definition) is 4. The van der Waals surface area contributed by atoms with E-state index in [9.17, 15) is 10.2 Å². The molecule has 1 aromatic carbocycles. The Morgan fingerprint density at radius 2 is 2.00 bits per heavy atom. The summed E-state index contributed by atoms with van der Waals surface area (Å²) in [5.74, 6) is 0.449. The van der Waals surface area contributed by atoms with E-state index < -0.39 is 6.10 Å². The highest BCUT2D eigenvalue weighted by Crippen LogP contribution is 2.28. The third kappa shape index (κ3) is 4.24. The molecular formula is C13H21NO3. The molecule has 4 nitrogen and oxygen atoms in total. The van der Waals surface area contributed by atoms with E-state index in [0.717, 1.165) is 5.56 Å².